The highest BCUT2D eigenvalue weighted by Crippen LogP contribution is 1.74. The highest BCUT2D eigenvalue weighted by Gasteiger charge is 1.95. The minimum absolute atomic E-state index is 0.632. The van der Waals surface area contributed by atoms with Gasteiger partial charge in [-0.3, -0.25) is 4.98 Å². The van der Waals surface area contributed by atoms with Crippen LogP contribution < -0.4 is 3.82 Å². The summed E-state index contributed by atoms with van der Waals surface area (Å²) in [5, 5.41) is 0. The summed E-state index contributed by atoms with van der Waals surface area (Å²) in [6.07, 6.45) is 1.61. The maximum absolute atomic E-state index is 11.8. The summed E-state index contributed by atoms with van der Waals surface area (Å²) in [5.74, 6) is 0. The van der Waals surface area contributed by atoms with Gasteiger partial charge in [0.1, 0.15) is 0 Å². The zero-order chi connectivity index (χ0) is 5.82. The molecule has 0 saturated carbocycles. The molecule has 3 heteroatoms. The van der Waals surface area contributed by atoms with E-state index in [-0.39, 0.29) is 0 Å². The Balaban J connectivity index is 2.83. The van der Waals surface area contributed by atoms with Gasteiger partial charge in [0.15, 0.2) is 0 Å². The van der Waals surface area contributed by atoms with Crippen LogP contribution in [-0.4, -0.2) is 25.9 Å². The van der Waals surface area contributed by atoms with Crippen LogP contribution in [0.4, 0.5) is 2.96 Å². The quantitative estimate of drug-likeness (QED) is 0.487. The topological polar surface area (TPSA) is 12.9 Å². The van der Waals surface area contributed by atoms with Gasteiger partial charge in [-0.05, 0) is 9.89 Å². The van der Waals surface area contributed by atoms with Crippen LogP contribution in [0.5, 0.6) is 0 Å². The summed E-state index contributed by atoms with van der Waals surface area (Å²) in [5.41, 5.74) is 0. The van der Waals surface area contributed by atoms with Crippen molar-refractivity contribution in [3.8, 4) is 0 Å². The molecule has 0 bridgehead atoms. The van der Waals surface area contributed by atoms with Gasteiger partial charge < -0.3 is 2.96 Å². The molecule has 0 aromatic carbocycles. The number of aromatic nitrogens is 1. The molecule has 0 fully saturated rings. The summed E-state index contributed by atoms with van der Waals surface area (Å²) in [7, 11) is 0. The molecule has 0 atom stereocenters. The van der Waals surface area contributed by atoms with Crippen molar-refractivity contribution in [2.45, 2.75) is 0 Å². The van der Waals surface area contributed by atoms with Crippen LogP contribution in [0.3, 0.4) is 0 Å². The van der Waals surface area contributed by atoms with E-state index < -0.39 is 20.9 Å². The Labute approximate surface area is 57.4 Å². The van der Waals surface area contributed by atoms with Crippen LogP contribution in [0.1, 0.15) is 0 Å². The predicted octanol–water partition coefficient (Wildman–Crippen LogP) is 0.296. The number of pyridine rings is 1. The minimum atomic E-state index is -1.52. The fourth-order valence-corrected chi connectivity index (χ4v) is 0.877. The molecule has 38 valence electrons. The smallest absolute Gasteiger partial charge is 0.473 e. The third-order valence-electron chi connectivity index (χ3n) is 0.863. The van der Waals surface area contributed by atoms with E-state index in [0.717, 1.165) is 0 Å². The second-order valence-corrected chi connectivity index (χ2v) is 2.45. The summed E-state index contributed by atoms with van der Waals surface area (Å²) in [6.45, 7) is 0. The van der Waals surface area contributed by atoms with Gasteiger partial charge in [0.25, 0.3) is 0 Å². The molecule has 0 spiro atoms. The largest absolute Gasteiger partial charge is 0.671 e. The van der Waals surface area contributed by atoms with Crippen molar-refractivity contribution in [3.05, 3.63) is 24.4 Å². The van der Waals surface area contributed by atoms with Crippen LogP contribution in [0.2, 0.25) is 0 Å². The molecule has 0 amide bonds. The van der Waals surface area contributed by atoms with Crippen LogP contribution in [0.15, 0.2) is 24.4 Å². The lowest BCUT2D eigenvalue weighted by Gasteiger charge is -1.85. The SMILES string of the molecule is [F][Mg][c]1ccccn1. The van der Waals surface area contributed by atoms with Crippen molar-refractivity contribution in [2.75, 3.05) is 0 Å². The molecule has 0 aliphatic heterocycles. The van der Waals surface area contributed by atoms with E-state index in [1.165, 1.54) is 0 Å². The zero-order valence-electron chi connectivity index (χ0n) is 4.34. The van der Waals surface area contributed by atoms with Crippen LogP contribution in [0.25, 0.3) is 0 Å². The van der Waals surface area contributed by atoms with Crippen molar-refractivity contribution in [3.63, 3.8) is 0 Å². The highest BCUT2D eigenvalue weighted by atomic mass is 24.6. The van der Waals surface area contributed by atoms with Gasteiger partial charge in [0, 0.05) is 6.20 Å². The molecule has 0 N–H and O–H groups in total. The molecule has 0 unspecified atom stereocenters. The zero-order valence-corrected chi connectivity index (χ0v) is 5.76. The van der Waals surface area contributed by atoms with Crippen molar-refractivity contribution in [1.82, 2.24) is 4.98 Å². The Bertz CT molecular complexity index is 154. The number of hydrogen-bond donors (Lipinski definition) is 0. The molecule has 1 aromatic rings. The Kier molecular flexibility index (Phi) is 2.23. The number of nitrogens with zero attached hydrogens (tertiary/aromatic N) is 1. The second kappa shape index (κ2) is 2.99. The molecule has 1 rings (SSSR count). The Hall–Kier alpha value is -0.154. The van der Waals surface area contributed by atoms with Gasteiger partial charge in [-0.2, -0.15) is 0 Å². The van der Waals surface area contributed by atoms with Crippen molar-refractivity contribution < 1.29 is 2.96 Å². The summed E-state index contributed by atoms with van der Waals surface area (Å²) < 4.78 is 12.4. The van der Waals surface area contributed by atoms with E-state index in [2.05, 4.69) is 4.98 Å². The van der Waals surface area contributed by atoms with Gasteiger partial charge in [0.2, 0.25) is 0 Å². The third-order valence-corrected chi connectivity index (χ3v) is 1.56. The summed E-state index contributed by atoms with van der Waals surface area (Å²) in [4.78, 5) is 3.78. The fraction of sp³-hybridized carbons (Fsp3) is 0. The molecule has 0 saturated heterocycles. The second-order valence-electron chi connectivity index (χ2n) is 1.45. The molecule has 0 aliphatic carbocycles. The van der Waals surface area contributed by atoms with Crippen molar-refractivity contribution in [1.29, 1.82) is 0 Å². The van der Waals surface area contributed by atoms with Gasteiger partial charge in [-0.15, -0.1) is 0 Å². The molecule has 1 nitrogen and oxygen atoms in total. The van der Waals surface area contributed by atoms with Crippen LogP contribution in [-0.2, 0) is 0 Å². The van der Waals surface area contributed by atoms with Crippen molar-refractivity contribution in [2.24, 2.45) is 0 Å². The van der Waals surface area contributed by atoms with Crippen molar-refractivity contribution >= 4 is 24.7 Å². The molecule has 0 aliphatic rings. The number of halogens is 1. The Morgan fingerprint density at radius 2 is 2.38 bits per heavy atom. The highest BCUT2D eigenvalue weighted by molar-refractivity contribution is 6.44. The third kappa shape index (κ3) is 1.42. The van der Waals surface area contributed by atoms with Gasteiger partial charge in [-0.1, -0.05) is 12.1 Å². The van der Waals surface area contributed by atoms with Gasteiger partial charge in [-0.25, -0.2) is 0 Å². The van der Waals surface area contributed by atoms with E-state index in [4.69, 9.17) is 0 Å². The van der Waals surface area contributed by atoms with E-state index in [0.29, 0.717) is 3.82 Å². The van der Waals surface area contributed by atoms with E-state index in [1.807, 2.05) is 0 Å². The summed E-state index contributed by atoms with van der Waals surface area (Å²) >= 11 is -1.52. The average molecular weight is 121 g/mol. The van der Waals surface area contributed by atoms with Crippen LogP contribution in [0, 0.1) is 0 Å². The Morgan fingerprint density at radius 1 is 1.50 bits per heavy atom. The maximum atomic E-state index is 11.8. The molecular formula is C5H4FMgN. The van der Waals surface area contributed by atoms with Crippen LogP contribution >= 0.6 is 0 Å². The lowest BCUT2D eigenvalue weighted by Crippen LogP contribution is -2.12. The number of hydrogen-bond acceptors (Lipinski definition) is 1. The first kappa shape index (κ1) is 5.97. The monoisotopic (exact) mass is 121 g/mol. The van der Waals surface area contributed by atoms with E-state index in [9.17, 15) is 2.96 Å². The first-order valence-corrected chi connectivity index (χ1v) is 3.63. The van der Waals surface area contributed by atoms with Gasteiger partial charge >= 0.3 is 20.9 Å². The van der Waals surface area contributed by atoms with E-state index in [1.54, 1.807) is 24.4 Å². The lowest BCUT2D eigenvalue weighted by molar-refractivity contribution is 0.881. The lowest BCUT2D eigenvalue weighted by atomic mass is 10.5. The van der Waals surface area contributed by atoms with E-state index >= 15 is 0 Å². The van der Waals surface area contributed by atoms with Gasteiger partial charge in [0.05, 0.1) is 0 Å². The predicted molar refractivity (Wildman–Crippen MR) is 30.7 cm³/mol. The number of rotatable bonds is 1. The summed E-state index contributed by atoms with van der Waals surface area (Å²) in [6, 6.07) is 5.30. The normalized spacial score (nSPS) is 8.12. The standard InChI is InChI=1S/C5H4N.FH.Mg/c1-2-4-6-5-3-1;;/h1-4H;1H;/q;;+1/p-1. The average Bonchev–Trinajstić information content (AvgIpc) is 1.90. The molecule has 8 heavy (non-hydrogen) atoms. The fourth-order valence-electron chi connectivity index (χ4n) is 0.477. The molecular weight excluding hydrogens is 117 g/mol. The minimum Gasteiger partial charge on any atom is -0.473 e. The Morgan fingerprint density at radius 3 is 2.75 bits per heavy atom. The maximum Gasteiger partial charge on any atom is 0.671 e. The molecule has 1 heterocycles. The first-order valence-electron chi connectivity index (χ1n) is 2.39. The molecule has 0 radical (unpaired) electrons. The molecule has 1 aromatic heterocycles. The first-order chi connectivity index (χ1) is 3.93.